The molecule has 4 nitrogen and oxygen atoms in total. The van der Waals surface area contributed by atoms with E-state index < -0.39 is 0 Å². The van der Waals surface area contributed by atoms with Crippen LogP contribution < -0.4 is 10.1 Å². The number of ether oxygens (including phenoxy) is 1. The highest BCUT2D eigenvalue weighted by molar-refractivity contribution is 7.99. The van der Waals surface area contributed by atoms with Gasteiger partial charge in [-0.25, -0.2) is 4.98 Å². The summed E-state index contributed by atoms with van der Waals surface area (Å²) in [5, 5.41) is 2.84. The Morgan fingerprint density at radius 1 is 1.67 bits per heavy atom. The standard InChI is InChI=1S/C13H18N2O2S/c1-2-5-15-13(16)10-3-6-14-12(8-10)17-11-4-7-18-9-11/h3,6,8,11H,2,4-5,7,9H2,1H3,(H,15,16). The normalized spacial score (nSPS) is 18.6. The molecule has 5 heteroatoms. The lowest BCUT2D eigenvalue weighted by atomic mass is 10.2. The van der Waals surface area contributed by atoms with Crippen LogP contribution in [0.4, 0.5) is 0 Å². The molecule has 0 saturated carbocycles. The van der Waals surface area contributed by atoms with Crippen molar-refractivity contribution in [2.24, 2.45) is 0 Å². The van der Waals surface area contributed by atoms with Crippen LogP contribution in [-0.4, -0.2) is 35.0 Å². The lowest BCUT2D eigenvalue weighted by Gasteiger charge is -2.12. The summed E-state index contributed by atoms with van der Waals surface area (Å²) in [5.74, 6) is 2.63. The van der Waals surface area contributed by atoms with Crippen LogP contribution in [0, 0.1) is 0 Å². The van der Waals surface area contributed by atoms with E-state index in [2.05, 4.69) is 10.3 Å². The summed E-state index contributed by atoms with van der Waals surface area (Å²) in [4.78, 5) is 15.9. The summed E-state index contributed by atoms with van der Waals surface area (Å²) in [7, 11) is 0. The Bertz CT molecular complexity index is 406. The average molecular weight is 266 g/mol. The van der Waals surface area contributed by atoms with Gasteiger partial charge in [-0.15, -0.1) is 0 Å². The van der Waals surface area contributed by atoms with E-state index in [9.17, 15) is 4.79 Å². The minimum Gasteiger partial charge on any atom is -0.473 e. The van der Waals surface area contributed by atoms with E-state index in [0.717, 1.165) is 24.3 Å². The van der Waals surface area contributed by atoms with Gasteiger partial charge >= 0.3 is 0 Å². The molecule has 1 atom stereocenters. The maximum absolute atomic E-state index is 11.8. The first kappa shape index (κ1) is 13.2. The van der Waals surface area contributed by atoms with Crippen molar-refractivity contribution in [1.82, 2.24) is 10.3 Å². The van der Waals surface area contributed by atoms with Gasteiger partial charge < -0.3 is 10.1 Å². The van der Waals surface area contributed by atoms with Gasteiger partial charge in [0, 0.05) is 30.1 Å². The van der Waals surface area contributed by atoms with Gasteiger partial charge in [0.1, 0.15) is 6.10 Å². The van der Waals surface area contributed by atoms with Crippen molar-refractivity contribution in [3.8, 4) is 5.88 Å². The molecule has 0 aliphatic carbocycles. The fourth-order valence-corrected chi connectivity index (χ4v) is 2.83. The Balaban J connectivity index is 1.97. The molecule has 98 valence electrons. The summed E-state index contributed by atoms with van der Waals surface area (Å²) in [6.45, 7) is 2.72. The lowest BCUT2D eigenvalue weighted by Crippen LogP contribution is -2.24. The molecule has 2 rings (SSSR count). The van der Waals surface area contributed by atoms with E-state index in [0.29, 0.717) is 18.0 Å². The zero-order valence-corrected chi connectivity index (χ0v) is 11.3. The number of rotatable bonds is 5. The molecule has 0 bridgehead atoms. The molecule has 0 aromatic carbocycles. The molecule has 1 saturated heterocycles. The SMILES string of the molecule is CCCNC(=O)c1ccnc(OC2CCSC2)c1. The molecule has 1 amide bonds. The number of aromatic nitrogens is 1. The van der Waals surface area contributed by atoms with Gasteiger partial charge in [-0.2, -0.15) is 11.8 Å². The molecule has 0 radical (unpaired) electrons. The molecule has 1 aromatic rings. The van der Waals surface area contributed by atoms with Crippen LogP contribution in [0.1, 0.15) is 30.1 Å². The third kappa shape index (κ3) is 3.63. The first-order valence-corrected chi connectivity index (χ1v) is 7.43. The predicted molar refractivity (Wildman–Crippen MR) is 73.2 cm³/mol. The van der Waals surface area contributed by atoms with Crippen molar-refractivity contribution >= 4 is 17.7 Å². The number of pyridine rings is 1. The molecule has 1 aromatic heterocycles. The summed E-state index contributed by atoms with van der Waals surface area (Å²) in [6.07, 6.45) is 3.84. The van der Waals surface area contributed by atoms with E-state index in [1.807, 2.05) is 18.7 Å². The van der Waals surface area contributed by atoms with E-state index in [1.54, 1.807) is 18.3 Å². The first-order chi connectivity index (χ1) is 8.79. The van der Waals surface area contributed by atoms with E-state index >= 15 is 0 Å². The third-order valence-corrected chi connectivity index (χ3v) is 3.84. The highest BCUT2D eigenvalue weighted by Crippen LogP contribution is 2.22. The molecule has 2 heterocycles. The minimum atomic E-state index is -0.0649. The van der Waals surface area contributed by atoms with Gasteiger partial charge in [0.2, 0.25) is 5.88 Å². The summed E-state index contributed by atoms with van der Waals surface area (Å²) in [6, 6.07) is 3.43. The van der Waals surface area contributed by atoms with Gasteiger partial charge in [0.25, 0.3) is 5.91 Å². The molecule has 18 heavy (non-hydrogen) atoms. The van der Waals surface area contributed by atoms with Gasteiger partial charge in [0.05, 0.1) is 0 Å². The maximum Gasteiger partial charge on any atom is 0.251 e. The monoisotopic (exact) mass is 266 g/mol. The van der Waals surface area contributed by atoms with Crippen LogP contribution in [0.3, 0.4) is 0 Å². The number of carbonyl (C=O) groups is 1. The Hall–Kier alpha value is -1.23. The fourth-order valence-electron chi connectivity index (χ4n) is 1.73. The highest BCUT2D eigenvalue weighted by Gasteiger charge is 2.18. The third-order valence-electron chi connectivity index (χ3n) is 2.71. The Morgan fingerprint density at radius 2 is 2.56 bits per heavy atom. The minimum absolute atomic E-state index is 0.0649. The van der Waals surface area contributed by atoms with E-state index in [4.69, 9.17) is 4.74 Å². The molecule has 1 N–H and O–H groups in total. The number of nitrogens with zero attached hydrogens (tertiary/aromatic N) is 1. The van der Waals surface area contributed by atoms with Gasteiger partial charge in [-0.3, -0.25) is 4.79 Å². The second-order valence-electron chi connectivity index (χ2n) is 4.24. The Labute approximate surface area is 112 Å². The van der Waals surface area contributed by atoms with E-state index in [1.165, 1.54) is 0 Å². The van der Waals surface area contributed by atoms with Gasteiger partial charge in [-0.1, -0.05) is 6.92 Å². The van der Waals surface area contributed by atoms with Crippen LogP contribution in [-0.2, 0) is 0 Å². The summed E-state index contributed by atoms with van der Waals surface area (Å²) < 4.78 is 5.76. The second kappa shape index (κ2) is 6.64. The van der Waals surface area contributed by atoms with Crippen LogP contribution in [0.5, 0.6) is 5.88 Å². The summed E-state index contributed by atoms with van der Waals surface area (Å²) >= 11 is 1.89. The van der Waals surface area contributed by atoms with E-state index in [-0.39, 0.29) is 12.0 Å². The van der Waals surface area contributed by atoms with Crippen LogP contribution >= 0.6 is 11.8 Å². The van der Waals surface area contributed by atoms with Crippen molar-refractivity contribution in [3.63, 3.8) is 0 Å². The maximum atomic E-state index is 11.8. The fraction of sp³-hybridized carbons (Fsp3) is 0.538. The zero-order chi connectivity index (χ0) is 12.8. The first-order valence-electron chi connectivity index (χ1n) is 6.28. The Morgan fingerprint density at radius 3 is 3.28 bits per heavy atom. The number of hydrogen-bond acceptors (Lipinski definition) is 4. The lowest BCUT2D eigenvalue weighted by molar-refractivity contribution is 0.0952. The largest absolute Gasteiger partial charge is 0.473 e. The molecule has 1 aliphatic heterocycles. The van der Waals surface area contributed by atoms with Crippen LogP contribution in [0.15, 0.2) is 18.3 Å². The van der Waals surface area contributed by atoms with Gasteiger partial charge in [-0.05, 0) is 24.7 Å². The average Bonchev–Trinajstić information content (AvgIpc) is 2.89. The molecule has 1 aliphatic rings. The number of nitrogens with one attached hydrogen (secondary N) is 1. The predicted octanol–water partition coefficient (Wildman–Crippen LogP) is 2.11. The summed E-state index contributed by atoms with van der Waals surface area (Å²) in [5.41, 5.74) is 0.610. The molecular formula is C13H18N2O2S. The van der Waals surface area contributed by atoms with Crippen LogP contribution in [0.2, 0.25) is 0 Å². The number of amides is 1. The van der Waals surface area contributed by atoms with Crippen molar-refractivity contribution in [1.29, 1.82) is 0 Å². The second-order valence-corrected chi connectivity index (χ2v) is 5.39. The number of thioether (sulfide) groups is 1. The van der Waals surface area contributed by atoms with Crippen molar-refractivity contribution < 1.29 is 9.53 Å². The smallest absolute Gasteiger partial charge is 0.251 e. The topological polar surface area (TPSA) is 51.2 Å². The highest BCUT2D eigenvalue weighted by atomic mass is 32.2. The quantitative estimate of drug-likeness (QED) is 0.887. The Kier molecular flexibility index (Phi) is 4.87. The van der Waals surface area contributed by atoms with Crippen molar-refractivity contribution in [2.75, 3.05) is 18.1 Å². The van der Waals surface area contributed by atoms with Crippen molar-refractivity contribution in [3.05, 3.63) is 23.9 Å². The van der Waals surface area contributed by atoms with Gasteiger partial charge in [0.15, 0.2) is 0 Å². The molecule has 1 fully saturated rings. The molecule has 1 unspecified atom stereocenters. The zero-order valence-electron chi connectivity index (χ0n) is 10.5. The molecule has 0 spiro atoms. The van der Waals surface area contributed by atoms with Crippen molar-refractivity contribution in [2.45, 2.75) is 25.9 Å². The number of carbonyl (C=O) groups excluding carboxylic acids is 1. The van der Waals surface area contributed by atoms with Crippen LogP contribution in [0.25, 0.3) is 0 Å². The molecular weight excluding hydrogens is 248 g/mol. The number of hydrogen-bond donors (Lipinski definition) is 1.